The number of nitrogens with two attached hydrogens (primary N) is 1. The Balaban J connectivity index is 2.86. The van der Waals surface area contributed by atoms with Crippen LogP contribution in [0.25, 0.3) is 0 Å². The van der Waals surface area contributed by atoms with Crippen molar-refractivity contribution in [2.45, 2.75) is 30.2 Å². The van der Waals surface area contributed by atoms with Gasteiger partial charge in [-0.05, 0) is 6.42 Å². The molecule has 1 atom stereocenters. The van der Waals surface area contributed by atoms with E-state index in [2.05, 4.69) is 34.9 Å². The van der Waals surface area contributed by atoms with E-state index in [-0.39, 0.29) is 0 Å². The highest BCUT2D eigenvalue weighted by Crippen LogP contribution is 2.04. The Bertz CT molecular complexity index is 49.7. The Kier molecular flexibility index (Phi) is 6.25. The third-order valence-corrected chi connectivity index (χ3v) is 1.97. The summed E-state index contributed by atoms with van der Waals surface area (Å²) in [5.74, 6) is 5.16. The first-order valence-corrected chi connectivity index (χ1v) is 4.16. The molecule has 0 fully saturated rings. The van der Waals surface area contributed by atoms with Crippen molar-refractivity contribution in [2.24, 2.45) is 5.84 Å². The first-order chi connectivity index (χ1) is 3.81. The van der Waals surface area contributed by atoms with E-state index in [0.717, 1.165) is 0 Å². The van der Waals surface area contributed by atoms with Crippen LogP contribution in [-0.4, -0.2) is 4.05 Å². The molecule has 3 N–H and O–H groups in total. The lowest BCUT2D eigenvalue weighted by molar-refractivity contribution is 0.618. The van der Waals surface area contributed by atoms with Crippen LogP contribution in [0.3, 0.4) is 0 Å². The van der Waals surface area contributed by atoms with Crippen LogP contribution in [0.15, 0.2) is 0 Å². The van der Waals surface area contributed by atoms with Crippen molar-refractivity contribution in [3.05, 3.63) is 0 Å². The standard InChI is InChI=1S/C5H13IN2/c1-2-3-4-5(6)8-7/h5,8H,2-4,7H2,1H3/t5-/m1/s1. The molecule has 0 aromatic carbocycles. The maximum Gasteiger partial charge on any atom is 0.0724 e. The number of alkyl halides is 1. The van der Waals surface area contributed by atoms with Crippen LogP contribution in [0.4, 0.5) is 0 Å². The molecular weight excluding hydrogens is 215 g/mol. The van der Waals surface area contributed by atoms with Gasteiger partial charge in [0, 0.05) is 0 Å². The van der Waals surface area contributed by atoms with E-state index in [1.807, 2.05) is 0 Å². The Labute approximate surface area is 64.3 Å². The minimum atomic E-state index is 0.451. The summed E-state index contributed by atoms with van der Waals surface area (Å²) in [6.45, 7) is 2.18. The largest absolute Gasteiger partial charge is 0.270 e. The van der Waals surface area contributed by atoms with Crippen LogP contribution in [0.5, 0.6) is 0 Å². The summed E-state index contributed by atoms with van der Waals surface area (Å²) in [7, 11) is 0. The van der Waals surface area contributed by atoms with Crippen molar-refractivity contribution in [3.63, 3.8) is 0 Å². The van der Waals surface area contributed by atoms with Crippen LogP contribution < -0.4 is 11.3 Å². The molecule has 0 aromatic rings. The van der Waals surface area contributed by atoms with Crippen molar-refractivity contribution < 1.29 is 0 Å². The predicted molar refractivity (Wildman–Crippen MR) is 44.7 cm³/mol. The molecule has 0 unspecified atom stereocenters. The summed E-state index contributed by atoms with van der Waals surface area (Å²) >= 11 is 2.29. The molecule has 0 aliphatic rings. The van der Waals surface area contributed by atoms with Gasteiger partial charge in [-0.3, -0.25) is 5.84 Å². The predicted octanol–water partition coefficient (Wildman–Crippen LogP) is 1.40. The van der Waals surface area contributed by atoms with Gasteiger partial charge in [-0.1, -0.05) is 42.4 Å². The molecular formula is C5H13IN2. The van der Waals surface area contributed by atoms with Crippen LogP contribution >= 0.6 is 22.6 Å². The molecule has 0 bridgehead atoms. The second-order valence-corrected chi connectivity index (χ2v) is 3.28. The maximum atomic E-state index is 5.16. The summed E-state index contributed by atoms with van der Waals surface area (Å²) in [4.78, 5) is 0. The van der Waals surface area contributed by atoms with E-state index >= 15 is 0 Å². The Morgan fingerprint density at radius 2 is 2.38 bits per heavy atom. The Hall–Kier alpha value is 0.650. The normalized spacial score (nSPS) is 13.9. The maximum absolute atomic E-state index is 5.16. The molecule has 0 saturated carbocycles. The quantitative estimate of drug-likeness (QED) is 0.251. The summed E-state index contributed by atoms with van der Waals surface area (Å²) in [5, 5.41) is 0. The highest BCUT2D eigenvalue weighted by Gasteiger charge is 1.96. The van der Waals surface area contributed by atoms with Crippen molar-refractivity contribution in [1.29, 1.82) is 0 Å². The van der Waals surface area contributed by atoms with Gasteiger partial charge in [-0.2, -0.15) is 0 Å². The number of hydrogen-bond acceptors (Lipinski definition) is 2. The molecule has 0 radical (unpaired) electrons. The molecule has 50 valence electrons. The Morgan fingerprint density at radius 3 is 2.75 bits per heavy atom. The third-order valence-electron chi connectivity index (χ3n) is 0.992. The van der Waals surface area contributed by atoms with Gasteiger partial charge in [0.1, 0.15) is 0 Å². The van der Waals surface area contributed by atoms with Crippen molar-refractivity contribution >= 4 is 22.6 Å². The molecule has 0 heterocycles. The first kappa shape index (κ1) is 8.65. The fourth-order valence-electron chi connectivity index (χ4n) is 0.467. The SMILES string of the molecule is CCCC[C@H](I)NN. The zero-order valence-electron chi connectivity index (χ0n) is 5.15. The van der Waals surface area contributed by atoms with Crippen molar-refractivity contribution in [1.82, 2.24) is 5.43 Å². The van der Waals surface area contributed by atoms with E-state index in [1.165, 1.54) is 19.3 Å². The molecule has 2 nitrogen and oxygen atoms in total. The summed E-state index contributed by atoms with van der Waals surface area (Å²) < 4.78 is 0.451. The van der Waals surface area contributed by atoms with Crippen LogP contribution in [-0.2, 0) is 0 Å². The second kappa shape index (κ2) is 5.78. The van der Waals surface area contributed by atoms with Gasteiger partial charge in [0.05, 0.1) is 4.05 Å². The van der Waals surface area contributed by atoms with Gasteiger partial charge in [-0.25, -0.2) is 5.43 Å². The zero-order chi connectivity index (χ0) is 6.41. The smallest absolute Gasteiger partial charge is 0.0724 e. The van der Waals surface area contributed by atoms with E-state index < -0.39 is 0 Å². The van der Waals surface area contributed by atoms with Gasteiger partial charge in [0.2, 0.25) is 0 Å². The summed E-state index contributed by atoms with van der Waals surface area (Å²) in [6, 6.07) is 0. The number of unbranched alkanes of at least 4 members (excludes halogenated alkanes) is 1. The number of halogens is 1. The molecule has 3 heteroatoms. The molecule has 0 aromatic heterocycles. The summed E-state index contributed by atoms with van der Waals surface area (Å²) in [6.07, 6.45) is 3.69. The van der Waals surface area contributed by atoms with Crippen molar-refractivity contribution in [3.8, 4) is 0 Å². The fourth-order valence-corrected chi connectivity index (χ4v) is 0.907. The van der Waals surface area contributed by atoms with E-state index in [4.69, 9.17) is 5.84 Å². The number of nitrogens with one attached hydrogen (secondary N) is 1. The number of rotatable bonds is 4. The molecule has 0 amide bonds. The third kappa shape index (κ3) is 4.80. The molecule has 8 heavy (non-hydrogen) atoms. The van der Waals surface area contributed by atoms with Crippen LogP contribution in [0, 0.1) is 0 Å². The number of hydrogen-bond donors (Lipinski definition) is 2. The lowest BCUT2D eigenvalue weighted by Crippen LogP contribution is -2.29. The van der Waals surface area contributed by atoms with Gasteiger partial charge >= 0.3 is 0 Å². The lowest BCUT2D eigenvalue weighted by Gasteiger charge is -2.04. The van der Waals surface area contributed by atoms with Crippen molar-refractivity contribution in [2.75, 3.05) is 0 Å². The second-order valence-electron chi connectivity index (χ2n) is 1.78. The molecule has 0 aliphatic heterocycles. The van der Waals surface area contributed by atoms with Crippen LogP contribution in [0.1, 0.15) is 26.2 Å². The topological polar surface area (TPSA) is 38.0 Å². The van der Waals surface area contributed by atoms with E-state index in [0.29, 0.717) is 4.05 Å². The van der Waals surface area contributed by atoms with Gasteiger partial charge in [-0.15, -0.1) is 0 Å². The van der Waals surface area contributed by atoms with E-state index in [9.17, 15) is 0 Å². The van der Waals surface area contributed by atoms with Gasteiger partial charge in [0.15, 0.2) is 0 Å². The lowest BCUT2D eigenvalue weighted by atomic mass is 10.2. The monoisotopic (exact) mass is 228 g/mol. The summed E-state index contributed by atoms with van der Waals surface area (Å²) in [5.41, 5.74) is 2.69. The van der Waals surface area contributed by atoms with Gasteiger partial charge in [0.25, 0.3) is 0 Å². The first-order valence-electron chi connectivity index (χ1n) is 2.91. The van der Waals surface area contributed by atoms with Gasteiger partial charge < -0.3 is 0 Å². The zero-order valence-corrected chi connectivity index (χ0v) is 7.31. The molecule has 0 rings (SSSR count). The molecule has 0 aliphatic carbocycles. The highest BCUT2D eigenvalue weighted by molar-refractivity contribution is 14.1. The fraction of sp³-hybridized carbons (Fsp3) is 1.00. The van der Waals surface area contributed by atoms with E-state index in [1.54, 1.807) is 0 Å². The molecule has 0 saturated heterocycles. The average Bonchev–Trinajstić information content (AvgIpc) is 1.83. The number of hydrazine groups is 1. The highest BCUT2D eigenvalue weighted by atomic mass is 127. The minimum absolute atomic E-state index is 0.451. The minimum Gasteiger partial charge on any atom is -0.270 e. The molecule has 0 spiro atoms. The Morgan fingerprint density at radius 1 is 1.75 bits per heavy atom. The average molecular weight is 228 g/mol. The van der Waals surface area contributed by atoms with Crippen LogP contribution in [0.2, 0.25) is 0 Å².